The average molecular weight is 520 g/mol. The van der Waals surface area contributed by atoms with E-state index in [2.05, 4.69) is 24.1 Å². The van der Waals surface area contributed by atoms with Gasteiger partial charge in [-0.25, -0.2) is 0 Å². The lowest BCUT2D eigenvalue weighted by molar-refractivity contribution is -0.932. The summed E-state index contributed by atoms with van der Waals surface area (Å²) in [4.78, 5) is 13.0. The van der Waals surface area contributed by atoms with Crippen molar-refractivity contribution in [3.63, 3.8) is 0 Å². The van der Waals surface area contributed by atoms with Crippen LogP contribution in [0.5, 0.6) is 0 Å². The van der Waals surface area contributed by atoms with Gasteiger partial charge >= 0.3 is 6.36 Å². The second kappa shape index (κ2) is 8.71. The van der Waals surface area contributed by atoms with Gasteiger partial charge in [-0.15, -0.1) is 13.2 Å². The number of amides is 1. The van der Waals surface area contributed by atoms with Gasteiger partial charge in [0.1, 0.15) is 11.6 Å². The second-order valence-electron chi connectivity index (χ2n) is 11.5. The van der Waals surface area contributed by atoms with Crippen LogP contribution < -0.4 is 5.32 Å². The maximum absolute atomic E-state index is 13.1. The van der Waals surface area contributed by atoms with Gasteiger partial charge in [-0.2, -0.15) is 0 Å². The summed E-state index contributed by atoms with van der Waals surface area (Å²) < 4.78 is 44.2. The highest BCUT2D eigenvalue weighted by atomic mass is 19.4. The Morgan fingerprint density at radius 2 is 1.84 bits per heavy atom. The van der Waals surface area contributed by atoms with E-state index in [1.54, 1.807) is 36.4 Å². The molecule has 2 unspecified atom stereocenters. The van der Waals surface area contributed by atoms with E-state index >= 15 is 0 Å². The van der Waals surface area contributed by atoms with E-state index in [1.807, 2.05) is 0 Å². The molecular weight excluding hydrogens is 485 g/mol. The fourth-order valence-corrected chi connectivity index (χ4v) is 7.26. The minimum absolute atomic E-state index is 0.0116. The standard InChI is InChI=1S/C28H33F3N2O4/c1-33(2)15-14-25-11-6-7-12-27(25,36)23(33)17-20-10-13-26(35,18-21(20)25)32-24(34)22(37-28(29,30)31)16-19-8-4-3-5-9-19/h3-5,8-10,13,16,23,35-36H,6-7,11-12,14-15,17-18H2,1-2H3/p+1/t23-,25+,26?,27?/m1/s1. The fraction of sp³-hybridized carbons (Fsp3) is 0.536. The third-order valence-electron chi connectivity index (χ3n) is 9.01. The molecular formula is C28H34F3N2O4+. The van der Waals surface area contributed by atoms with Crippen LogP contribution in [0.2, 0.25) is 0 Å². The normalized spacial score (nSPS) is 34.9. The van der Waals surface area contributed by atoms with Crippen LogP contribution >= 0.6 is 0 Å². The molecule has 37 heavy (non-hydrogen) atoms. The SMILES string of the molecule is C[N+]1(C)CC[C@]23CCCCC2(O)[C@H]1CC1=C3CC(O)(NC(=O)C(=Cc2ccccc2)OC(F)(F)F)C=C1. The zero-order valence-corrected chi connectivity index (χ0v) is 21.1. The van der Waals surface area contributed by atoms with Crippen molar-refractivity contribution in [1.82, 2.24) is 5.32 Å². The average Bonchev–Trinajstić information content (AvgIpc) is 2.81. The number of ether oxygens (including phenoxy) is 1. The number of nitrogens with zero attached hydrogens (tertiary/aromatic N) is 1. The summed E-state index contributed by atoms with van der Waals surface area (Å²) in [6, 6.07) is 8.07. The second-order valence-corrected chi connectivity index (χ2v) is 11.5. The highest BCUT2D eigenvalue weighted by molar-refractivity contribution is 5.96. The van der Waals surface area contributed by atoms with Crippen LogP contribution in [0.3, 0.4) is 0 Å². The number of benzene rings is 1. The highest BCUT2D eigenvalue weighted by Crippen LogP contribution is 2.63. The van der Waals surface area contributed by atoms with Crippen molar-refractivity contribution in [3.05, 3.63) is 65.0 Å². The minimum Gasteiger partial charge on any atom is -0.400 e. The quantitative estimate of drug-likeness (QED) is 0.242. The topological polar surface area (TPSA) is 78.8 Å². The zero-order chi connectivity index (χ0) is 26.7. The van der Waals surface area contributed by atoms with Crippen molar-refractivity contribution >= 4 is 12.0 Å². The Hall–Kier alpha value is -2.62. The van der Waals surface area contributed by atoms with Crippen LogP contribution in [0.4, 0.5) is 13.2 Å². The van der Waals surface area contributed by atoms with E-state index in [4.69, 9.17) is 0 Å². The van der Waals surface area contributed by atoms with E-state index in [9.17, 15) is 28.2 Å². The first-order chi connectivity index (χ1) is 17.3. The number of aliphatic hydroxyl groups is 2. The lowest BCUT2D eigenvalue weighted by Gasteiger charge is -2.65. The summed E-state index contributed by atoms with van der Waals surface area (Å²) in [5.41, 5.74) is -1.05. The highest BCUT2D eigenvalue weighted by Gasteiger charge is 2.68. The predicted octanol–water partition coefficient (Wildman–Crippen LogP) is 4.17. The molecule has 1 aromatic carbocycles. The van der Waals surface area contributed by atoms with Crippen molar-refractivity contribution in [3.8, 4) is 0 Å². The maximum Gasteiger partial charge on any atom is 0.573 e. The molecule has 4 aliphatic rings. The molecule has 2 fully saturated rings. The molecule has 3 N–H and O–H groups in total. The largest absolute Gasteiger partial charge is 0.573 e. The Balaban J connectivity index is 1.45. The van der Waals surface area contributed by atoms with Crippen molar-refractivity contribution < 1.29 is 37.4 Å². The summed E-state index contributed by atoms with van der Waals surface area (Å²) in [5, 5.41) is 26.0. The lowest BCUT2D eigenvalue weighted by atomic mass is 9.47. The van der Waals surface area contributed by atoms with Gasteiger partial charge in [-0.3, -0.25) is 4.79 Å². The number of hydrogen-bond acceptors (Lipinski definition) is 4. The molecule has 1 aliphatic heterocycles. The van der Waals surface area contributed by atoms with Gasteiger partial charge in [0, 0.05) is 24.7 Å². The monoisotopic (exact) mass is 519 g/mol. The summed E-state index contributed by atoms with van der Waals surface area (Å²) in [6.45, 7) is 0.877. The number of piperidine rings is 1. The van der Waals surface area contributed by atoms with Crippen LogP contribution in [-0.2, 0) is 9.53 Å². The number of likely N-dealkylation sites (tertiary alicyclic amines) is 1. The summed E-state index contributed by atoms with van der Waals surface area (Å²) in [7, 11) is 4.30. The molecule has 200 valence electrons. The fourth-order valence-electron chi connectivity index (χ4n) is 7.26. The number of likely N-dealkylation sites (N-methyl/N-ethyl adjacent to an activating group) is 1. The van der Waals surface area contributed by atoms with Crippen molar-refractivity contribution in [2.24, 2.45) is 5.41 Å². The third kappa shape index (κ3) is 4.51. The molecule has 1 amide bonds. The Labute approximate surface area is 214 Å². The van der Waals surface area contributed by atoms with Gasteiger partial charge < -0.3 is 24.7 Å². The molecule has 0 radical (unpaired) electrons. The molecule has 6 nitrogen and oxygen atoms in total. The third-order valence-corrected chi connectivity index (χ3v) is 9.01. The Morgan fingerprint density at radius 3 is 2.54 bits per heavy atom. The zero-order valence-electron chi connectivity index (χ0n) is 21.1. The van der Waals surface area contributed by atoms with Gasteiger partial charge in [-0.05, 0) is 36.1 Å². The summed E-state index contributed by atoms with van der Waals surface area (Å²) >= 11 is 0. The first kappa shape index (κ1) is 26.0. The van der Waals surface area contributed by atoms with Gasteiger partial charge in [0.2, 0.25) is 0 Å². The molecule has 1 saturated heterocycles. The van der Waals surface area contributed by atoms with Crippen molar-refractivity contribution in [1.29, 1.82) is 0 Å². The molecule has 4 atom stereocenters. The molecule has 5 rings (SSSR count). The minimum atomic E-state index is -5.08. The Kier molecular flexibility index (Phi) is 6.12. The molecule has 1 saturated carbocycles. The van der Waals surface area contributed by atoms with Crippen molar-refractivity contribution in [2.45, 2.75) is 68.7 Å². The molecule has 1 aromatic rings. The van der Waals surface area contributed by atoms with Crippen molar-refractivity contribution in [2.75, 3.05) is 20.6 Å². The predicted molar refractivity (Wildman–Crippen MR) is 131 cm³/mol. The van der Waals surface area contributed by atoms with Crippen LogP contribution in [-0.4, -0.2) is 65.0 Å². The Bertz CT molecular complexity index is 1180. The number of quaternary nitrogens is 1. The molecule has 3 aliphatic carbocycles. The van der Waals surface area contributed by atoms with Gasteiger partial charge in [0.25, 0.3) is 5.91 Å². The van der Waals surface area contributed by atoms with Crippen LogP contribution in [0.25, 0.3) is 6.08 Å². The first-order valence-electron chi connectivity index (χ1n) is 12.8. The van der Waals surface area contributed by atoms with Gasteiger partial charge in [-0.1, -0.05) is 54.8 Å². The number of rotatable bonds is 4. The number of carbonyl (C=O) groups excluding carboxylic acids is 1. The first-order valence-corrected chi connectivity index (χ1v) is 12.8. The van der Waals surface area contributed by atoms with E-state index in [-0.39, 0.29) is 12.5 Å². The number of nitrogens with one attached hydrogen (secondary N) is 1. The van der Waals surface area contributed by atoms with Gasteiger partial charge in [0.05, 0.1) is 20.6 Å². The van der Waals surface area contributed by atoms with E-state index in [1.165, 1.54) is 6.08 Å². The smallest absolute Gasteiger partial charge is 0.400 e. The molecule has 1 heterocycles. The molecule has 0 spiro atoms. The van der Waals surface area contributed by atoms with E-state index in [0.717, 1.165) is 49.5 Å². The number of halogens is 3. The summed E-state index contributed by atoms with van der Waals surface area (Å²) in [6.07, 6.45) is 3.88. The molecule has 0 aromatic heterocycles. The maximum atomic E-state index is 13.1. The number of hydrogen-bond donors (Lipinski definition) is 3. The van der Waals surface area contributed by atoms with Crippen LogP contribution in [0.1, 0.15) is 50.5 Å². The van der Waals surface area contributed by atoms with Crippen LogP contribution in [0, 0.1) is 5.41 Å². The number of alkyl halides is 3. The Morgan fingerprint density at radius 1 is 1.14 bits per heavy atom. The number of allylic oxidation sites excluding steroid dienone is 1. The van der Waals surface area contributed by atoms with Gasteiger partial charge in [0.15, 0.2) is 11.5 Å². The lowest BCUT2D eigenvalue weighted by Crippen LogP contribution is -2.75. The molecule has 9 heteroatoms. The number of carbonyl (C=O) groups is 1. The molecule has 2 bridgehead atoms. The van der Waals surface area contributed by atoms with Crippen LogP contribution in [0.15, 0.2) is 59.4 Å². The summed E-state index contributed by atoms with van der Waals surface area (Å²) in [5.74, 6) is -2.14. The van der Waals surface area contributed by atoms with E-state index in [0.29, 0.717) is 22.9 Å². The van der Waals surface area contributed by atoms with E-state index < -0.39 is 34.8 Å².